The number of hydrogen-bond acceptors (Lipinski definition) is 8. The van der Waals surface area contributed by atoms with Crippen LogP contribution in [0.5, 0.6) is 5.75 Å². The third-order valence-electron chi connectivity index (χ3n) is 6.90. The Labute approximate surface area is 215 Å². The van der Waals surface area contributed by atoms with Crippen molar-refractivity contribution in [2.75, 3.05) is 68.5 Å². The van der Waals surface area contributed by atoms with Crippen molar-refractivity contribution in [1.82, 2.24) is 14.9 Å². The fourth-order valence-electron chi connectivity index (χ4n) is 4.92. The highest BCUT2D eigenvalue weighted by Gasteiger charge is 2.31. The second-order valence-electron chi connectivity index (χ2n) is 9.17. The number of methoxy groups -OCH3 is 1. The third kappa shape index (κ3) is 4.16. The smallest absolute Gasteiger partial charge is 0.229 e. The van der Waals surface area contributed by atoms with Crippen molar-refractivity contribution in [3.8, 4) is 5.75 Å². The van der Waals surface area contributed by atoms with Gasteiger partial charge in [0.2, 0.25) is 5.95 Å². The zero-order valence-corrected chi connectivity index (χ0v) is 21.2. The molecule has 6 rings (SSSR count). The molecule has 36 heavy (non-hydrogen) atoms. The van der Waals surface area contributed by atoms with E-state index >= 15 is 0 Å². The van der Waals surface area contributed by atoms with Crippen LogP contribution in [0.25, 0.3) is 11.6 Å². The molecule has 1 saturated heterocycles. The molecule has 0 spiro atoms. The van der Waals surface area contributed by atoms with E-state index in [2.05, 4.69) is 50.3 Å². The van der Waals surface area contributed by atoms with E-state index in [0.717, 1.165) is 78.2 Å². The van der Waals surface area contributed by atoms with Gasteiger partial charge in [-0.1, -0.05) is 29.8 Å². The van der Waals surface area contributed by atoms with E-state index in [9.17, 15) is 0 Å². The van der Waals surface area contributed by atoms with Crippen molar-refractivity contribution in [2.45, 2.75) is 0 Å². The minimum atomic E-state index is 0.517. The molecule has 184 valence electrons. The van der Waals surface area contributed by atoms with E-state index in [1.807, 2.05) is 36.5 Å². The highest BCUT2D eigenvalue weighted by molar-refractivity contribution is 6.40. The molecule has 3 aromatic rings. The highest BCUT2D eigenvalue weighted by atomic mass is 35.5. The topological polar surface area (TPSA) is 69.1 Å². The number of ether oxygens (including phenoxy) is 1. The maximum atomic E-state index is 6.52. The van der Waals surface area contributed by atoms with E-state index in [-0.39, 0.29) is 0 Å². The van der Waals surface area contributed by atoms with Gasteiger partial charge < -0.3 is 24.8 Å². The van der Waals surface area contributed by atoms with Crippen molar-refractivity contribution >= 4 is 52.2 Å². The molecule has 3 aliphatic rings. The number of fused-ring (bicyclic) bond motifs is 3. The second kappa shape index (κ2) is 9.44. The van der Waals surface area contributed by atoms with Crippen LogP contribution in [0.3, 0.4) is 0 Å². The molecule has 9 heteroatoms. The lowest BCUT2D eigenvalue weighted by atomic mass is 9.98. The summed E-state index contributed by atoms with van der Waals surface area (Å²) in [7, 11) is 3.84. The molecule has 0 atom stereocenters. The van der Waals surface area contributed by atoms with E-state index < -0.39 is 0 Å². The molecule has 4 heterocycles. The molecule has 8 nitrogen and oxygen atoms in total. The zero-order valence-electron chi connectivity index (χ0n) is 20.4. The Morgan fingerprint density at radius 3 is 2.67 bits per heavy atom. The molecule has 3 aliphatic heterocycles. The summed E-state index contributed by atoms with van der Waals surface area (Å²) in [5.41, 5.74) is 4.90. The van der Waals surface area contributed by atoms with Gasteiger partial charge in [0.05, 0.1) is 19.3 Å². The highest BCUT2D eigenvalue weighted by Crippen LogP contribution is 2.38. The van der Waals surface area contributed by atoms with Gasteiger partial charge in [-0.15, -0.1) is 0 Å². The molecule has 1 N–H and O–H groups in total. The number of anilines is 4. The third-order valence-corrected chi connectivity index (χ3v) is 7.22. The van der Waals surface area contributed by atoms with Gasteiger partial charge in [-0.05, 0) is 37.4 Å². The van der Waals surface area contributed by atoms with Gasteiger partial charge in [-0.25, -0.2) is 4.98 Å². The predicted octanol–water partition coefficient (Wildman–Crippen LogP) is 4.41. The predicted molar refractivity (Wildman–Crippen MR) is 147 cm³/mol. The first-order valence-electron chi connectivity index (χ1n) is 12.2. The maximum absolute atomic E-state index is 6.52. The van der Waals surface area contributed by atoms with Crippen LogP contribution in [0.4, 0.5) is 23.1 Å². The Morgan fingerprint density at radius 1 is 1.03 bits per heavy atom. The van der Waals surface area contributed by atoms with Gasteiger partial charge in [-0.3, -0.25) is 4.99 Å². The first-order chi connectivity index (χ1) is 17.6. The van der Waals surface area contributed by atoms with Gasteiger partial charge in [0.15, 0.2) is 0 Å². The quantitative estimate of drug-likeness (QED) is 0.555. The van der Waals surface area contributed by atoms with Crippen LogP contribution in [0, 0.1) is 0 Å². The summed E-state index contributed by atoms with van der Waals surface area (Å²) in [6.07, 6.45) is 3.93. The number of amidine groups is 1. The summed E-state index contributed by atoms with van der Waals surface area (Å²) < 4.78 is 5.64. The van der Waals surface area contributed by atoms with E-state index in [1.54, 1.807) is 7.11 Å². The van der Waals surface area contributed by atoms with Gasteiger partial charge in [0.1, 0.15) is 17.4 Å². The molecule has 0 aliphatic carbocycles. The first-order valence-corrected chi connectivity index (χ1v) is 12.5. The Balaban J connectivity index is 1.33. The normalized spacial score (nSPS) is 17.3. The second-order valence-corrected chi connectivity index (χ2v) is 9.57. The molecule has 1 aromatic heterocycles. The van der Waals surface area contributed by atoms with Gasteiger partial charge in [-0.2, -0.15) is 4.98 Å². The van der Waals surface area contributed by atoms with Crippen molar-refractivity contribution in [1.29, 1.82) is 0 Å². The van der Waals surface area contributed by atoms with Crippen molar-refractivity contribution in [3.05, 3.63) is 64.8 Å². The number of likely N-dealkylation sites (N-methyl/N-ethyl adjacent to an activating group) is 1. The Kier molecular flexibility index (Phi) is 5.99. The van der Waals surface area contributed by atoms with Crippen molar-refractivity contribution < 1.29 is 4.74 Å². The van der Waals surface area contributed by atoms with Crippen LogP contribution < -0.4 is 19.9 Å². The fraction of sp³-hybridized carbons (Fsp3) is 0.296. The molecule has 1 fully saturated rings. The lowest BCUT2D eigenvalue weighted by molar-refractivity contribution is 0.313. The molecule has 0 radical (unpaired) electrons. The summed E-state index contributed by atoms with van der Waals surface area (Å²) in [5, 5.41) is 4.10. The largest absolute Gasteiger partial charge is 0.495 e. The number of rotatable bonds is 5. The van der Waals surface area contributed by atoms with Crippen LogP contribution in [-0.4, -0.2) is 74.1 Å². The zero-order chi connectivity index (χ0) is 24.6. The molecule has 0 saturated carbocycles. The number of benzene rings is 2. The van der Waals surface area contributed by atoms with Crippen LogP contribution in [0.15, 0.2) is 53.7 Å². The maximum Gasteiger partial charge on any atom is 0.229 e. The number of halogens is 1. The number of hydrogen-bond donors (Lipinski definition) is 1. The minimum absolute atomic E-state index is 0.517. The summed E-state index contributed by atoms with van der Waals surface area (Å²) >= 11 is 6.52. The first kappa shape index (κ1) is 22.8. The van der Waals surface area contributed by atoms with Crippen molar-refractivity contribution in [2.24, 2.45) is 4.99 Å². The van der Waals surface area contributed by atoms with E-state index in [4.69, 9.17) is 26.3 Å². The van der Waals surface area contributed by atoms with Gasteiger partial charge in [0, 0.05) is 66.3 Å². The summed E-state index contributed by atoms with van der Waals surface area (Å²) in [4.78, 5) is 21.2. The van der Waals surface area contributed by atoms with Gasteiger partial charge in [0.25, 0.3) is 0 Å². The Bertz CT molecular complexity index is 1360. The lowest BCUT2D eigenvalue weighted by Crippen LogP contribution is -2.44. The average Bonchev–Trinajstić information content (AvgIpc) is 3.40. The standard InChI is InChI=1S/C27H28ClN7O/c1-33-11-13-34(14-12-33)19-7-8-24(36-2)23(16-19)31-27-30-17-18-15-21(20-5-3-4-6-22(20)28)26-29-9-10-35(26)25(18)32-27/h3-8,15-17H,9-14H2,1-2H3,(H,30,31,32). The number of aromatic nitrogens is 2. The Morgan fingerprint density at radius 2 is 1.86 bits per heavy atom. The van der Waals surface area contributed by atoms with Crippen LogP contribution in [0.2, 0.25) is 5.02 Å². The average molecular weight is 502 g/mol. The number of nitrogens with one attached hydrogen (secondary N) is 1. The van der Waals surface area contributed by atoms with E-state index in [1.165, 1.54) is 0 Å². The van der Waals surface area contributed by atoms with Crippen LogP contribution in [0.1, 0.15) is 11.1 Å². The molecule has 0 unspecified atom stereocenters. The van der Waals surface area contributed by atoms with Crippen molar-refractivity contribution in [3.63, 3.8) is 0 Å². The number of piperazine rings is 1. The SMILES string of the molecule is COc1ccc(N2CCN(C)CC2)cc1Nc1ncc2c(n1)N1CCN=C1C(c1ccccc1Cl)=C2. The molecular weight excluding hydrogens is 474 g/mol. The minimum Gasteiger partial charge on any atom is -0.495 e. The fourth-order valence-corrected chi connectivity index (χ4v) is 5.16. The summed E-state index contributed by atoms with van der Waals surface area (Å²) in [6.45, 7) is 5.56. The molecular formula is C27H28ClN7O. The summed E-state index contributed by atoms with van der Waals surface area (Å²) in [6, 6.07) is 14.1. The number of aliphatic imine (C=N–C) groups is 1. The Hall–Kier alpha value is -3.62. The number of nitrogens with zero attached hydrogens (tertiary/aromatic N) is 6. The summed E-state index contributed by atoms with van der Waals surface area (Å²) in [5.74, 6) is 3.01. The van der Waals surface area contributed by atoms with Crippen LogP contribution >= 0.6 is 11.6 Å². The molecule has 2 aromatic carbocycles. The van der Waals surface area contributed by atoms with Crippen LogP contribution in [-0.2, 0) is 0 Å². The van der Waals surface area contributed by atoms with Gasteiger partial charge >= 0.3 is 0 Å². The lowest BCUT2D eigenvalue weighted by Gasteiger charge is -2.34. The van der Waals surface area contributed by atoms with E-state index in [0.29, 0.717) is 17.5 Å². The molecule has 0 amide bonds. The molecule has 0 bridgehead atoms. The monoisotopic (exact) mass is 501 g/mol.